The van der Waals surface area contributed by atoms with Gasteiger partial charge in [-0.15, -0.1) is 0 Å². The molecule has 2 atom stereocenters. The molecule has 2 N–H and O–H groups in total. The molecule has 0 aliphatic carbocycles. The van der Waals surface area contributed by atoms with Crippen molar-refractivity contribution >= 4 is 11.6 Å². The van der Waals surface area contributed by atoms with Crippen molar-refractivity contribution in [2.24, 2.45) is 0 Å². The van der Waals surface area contributed by atoms with Gasteiger partial charge in [0.25, 0.3) is 0 Å². The summed E-state index contributed by atoms with van der Waals surface area (Å²) in [6.07, 6.45) is 1.18. The molecule has 0 aromatic carbocycles. The van der Waals surface area contributed by atoms with Crippen molar-refractivity contribution < 1.29 is 4.74 Å². The number of nitrogens with one attached hydrogen (secondary N) is 2. The van der Waals surface area contributed by atoms with E-state index in [1.54, 1.807) is 0 Å². The number of rotatable bonds is 4. The van der Waals surface area contributed by atoms with Gasteiger partial charge in [0, 0.05) is 19.2 Å². The molecular formula is C13H22N4O. The van der Waals surface area contributed by atoms with Gasteiger partial charge in [-0.2, -0.15) is 0 Å². The van der Waals surface area contributed by atoms with Crippen LogP contribution in [-0.2, 0) is 4.74 Å². The summed E-state index contributed by atoms with van der Waals surface area (Å²) in [5.41, 5.74) is -0.0513. The minimum absolute atomic E-state index is 0.0513. The summed E-state index contributed by atoms with van der Waals surface area (Å²) in [5, 5.41) is 6.71. The standard InChI is InChI=1S/C13H22N4O/c1-5-14-11-8-12(16-10(3)15-11)17-13(4)6-7-18-9(13)2/h8-9H,5-7H2,1-4H3,(H2,14,15,16,17). The second kappa shape index (κ2) is 5.10. The Morgan fingerprint density at radius 3 is 2.78 bits per heavy atom. The lowest BCUT2D eigenvalue weighted by Crippen LogP contribution is -2.41. The van der Waals surface area contributed by atoms with Gasteiger partial charge in [-0.3, -0.25) is 0 Å². The molecule has 100 valence electrons. The van der Waals surface area contributed by atoms with Gasteiger partial charge in [-0.1, -0.05) is 0 Å². The number of aryl methyl sites for hydroxylation is 1. The third kappa shape index (κ3) is 2.72. The lowest BCUT2D eigenvalue weighted by Gasteiger charge is -2.29. The molecule has 0 spiro atoms. The Morgan fingerprint density at radius 1 is 1.44 bits per heavy atom. The molecule has 0 radical (unpaired) electrons. The topological polar surface area (TPSA) is 59.1 Å². The monoisotopic (exact) mass is 250 g/mol. The quantitative estimate of drug-likeness (QED) is 0.858. The largest absolute Gasteiger partial charge is 0.376 e. The van der Waals surface area contributed by atoms with E-state index in [0.717, 1.165) is 37.0 Å². The molecule has 1 saturated heterocycles. The summed E-state index contributed by atoms with van der Waals surface area (Å²) in [6, 6.07) is 1.95. The van der Waals surface area contributed by atoms with Crippen molar-refractivity contribution in [1.82, 2.24) is 9.97 Å². The fraction of sp³-hybridized carbons (Fsp3) is 0.692. The highest BCUT2D eigenvalue weighted by molar-refractivity contribution is 5.49. The minimum Gasteiger partial charge on any atom is -0.376 e. The van der Waals surface area contributed by atoms with Crippen LogP contribution in [-0.4, -0.2) is 34.8 Å². The first-order valence-corrected chi connectivity index (χ1v) is 6.53. The van der Waals surface area contributed by atoms with Crippen molar-refractivity contribution in [1.29, 1.82) is 0 Å². The minimum atomic E-state index is -0.0513. The van der Waals surface area contributed by atoms with E-state index < -0.39 is 0 Å². The van der Waals surface area contributed by atoms with Crippen molar-refractivity contribution in [3.63, 3.8) is 0 Å². The van der Waals surface area contributed by atoms with Crippen LogP contribution in [0, 0.1) is 6.92 Å². The SMILES string of the molecule is CCNc1cc(NC2(C)CCOC2C)nc(C)n1. The Kier molecular flexibility index (Phi) is 3.71. The number of aromatic nitrogens is 2. The molecule has 2 heterocycles. The molecule has 1 aliphatic rings. The zero-order chi connectivity index (χ0) is 13.2. The highest BCUT2D eigenvalue weighted by Crippen LogP contribution is 2.29. The zero-order valence-electron chi connectivity index (χ0n) is 11.6. The number of hydrogen-bond donors (Lipinski definition) is 2. The molecule has 2 unspecified atom stereocenters. The second-order valence-corrected chi connectivity index (χ2v) is 5.02. The molecule has 18 heavy (non-hydrogen) atoms. The van der Waals surface area contributed by atoms with Gasteiger partial charge in [-0.25, -0.2) is 9.97 Å². The normalized spacial score (nSPS) is 27.2. The first kappa shape index (κ1) is 13.1. The van der Waals surface area contributed by atoms with Crippen molar-refractivity contribution in [2.45, 2.75) is 45.8 Å². The second-order valence-electron chi connectivity index (χ2n) is 5.02. The maximum atomic E-state index is 5.63. The summed E-state index contributed by atoms with van der Waals surface area (Å²) in [7, 11) is 0. The summed E-state index contributed by atoms with van der Waals surface area (Å²) in [5.74, 6) is 2.49. The van der Waals surface area contributed by atoms with Gasteiger partial charge in [0.05, 0.1) is 11.6 Å². The first-order valence-electron chi connectivity index (χ1n) is 6.53. The van der Waals surface area contributed by atoms with Crippen molar-refractivity contribution in [3.05, 3.63) is 11.9 Å². The van der Waals surface area contributed by atoms with Crippen LogP contribution in [0.25, 0.3) is 0 Å². The molecule has 0 saturated carbocycles. The van der Waals surface area contributed by atoms with Crippen LogP contribution in [0.2, 0.25) is 0 Å². The van der Waals surface area contributed by atoms with Crippen LogP contribution in [0.4, 0.5) is 11.6 Å². The summed E-state index contributed by atoms with van der Waals surface area (Å²) in [4.78, 5) is 8.79. The molecule has 1 fully saturated rings. The molecule has 5 heteroatoms. The van der Waals surface area contributed by atoms with Crippen molar-refractivity contribution in [3.8, 4) is 0 Å². The van der Waals surface area contributed by atoms with E-state index in [4.69, 9.17) is 4.74 Å². The van der Waals surface area contributed by atoms with Crippen LogP contribution >= 0.6 is 0 Å². The summed E-state index contributed by atoms with van der Waals surface area (Å²) >= 11 is 0. The Bertz CT molecular complexity index is 423. The average molecular weight is 250 g/mol. The molecule has 5 nitrogen and oxygen atoms in total. The number of ether oxygens (including phenoxy) is 1. The van der Waals surface area contributed by atoms with Crippen LogP contribution in [0.3, 0.4) is 0 Å². The predicted molar refractivity (Wildman–Crippen MR) is 73.0 cm³/mol. The van der Waals surface area contributed by atoms with Crippen LogP contribution in [0.5, 0.6) is 0 Å². The van der Waals surface area contributed by atoms with Crippen molar-refractivity contribution in [2.75, 3.05) is 23.8 Å². The number of anilines is 2. The van der Waals surface area contributed by atoms with Crippen LogP contribution in [0.15, 0.2) is 6.07 Å². The molecule has 0 bridgehead atoms. The van der Waals surface area contributed by atoms with Crippen LogP contribution in [0.1, 0.15) is 33.0 Å². The Balaban J connectivity index is 2.18. The van der Waals surface area contributed by atoms with Gasteiger partial charge in [-0.05, 0) is 34.1 Å². The van der Waals surface area contributed by atoms with Gasteiger partial charge in [0.15, 0.2) is 0 Å². The third-order valence-corrected chi connectivity index (χ3v) is 3.50. The lowest BCUT2D eigenvalue weighted by molar-refractivity contribution is 0.105. The Morgan fingerprint density at radius 2 is 2.17 bits per heavy atom. The molecular weight excluding hydrogens is 228 g/mol. The molecule has 2 rings (SSSR count). The summed E-state index contributed by atoms with van der Waals surface area (Å²) in [6.45, 7) is 9.89. The van der Waals surface area contributed by atoms with E-state index in [9.17, 15) is 0 Å². The Hall–Kier alpha value is -1.36. The lowest BCUT2D eigenvalue weighted by atomic mass is 9.95. The predicted octanol–water partition coefficient (Wildman–Crippen LogP) is 2.20. The highest BCUT2D eigenvalue weighted by atomic mass is 16.5. The van der Waals surface area contributed by atoms with E-state index in [0.29, 0.717) is 0 Å². The van der Waals surface area contributed by atoms with E-state index >= 15 is 0 Å². The zero-order valence-corrected chi connectivity index (χ0v) is 11.6. The summed E-state index contributed by atoms with van der Waals surface area (Å²) < 4.78 is 5.63. The highest BCUT2D eigenvalue weighted by Gasteiger charge is 2.37. The fourth-order valence-electron chi connectivity index (χ4n) is 2.20. The number of hydrogen-bond acceptors (Lipinski definition) is 5. The average Bonchev–Trinajstić information content (AvgIpc) is 2.58. The maximum Gasteiger partial charge on any atom is 0.132 e. The maximum absolute atomic E-state index is 5.63. The first-order chi connectivity index (χ1) is 8.53. The molecule has 1 aromatic rings. The van der Waals surface area contributed by atoms with E-state index in [1.165, 1.54) is 0 Å². The van der Waals surface area contributed by atoms with Crippen LogP contribution < -0.4 is 10.6 Å². The van der Waals surface area contributed by atoms with E-state index in [1.807, 2.05) is 13.0 Å². The molecule has 0 amide bonds. The van der Waals surface area contributed by atoms with Gasteiger partial charge in [0.1, 0.15) is 17.5 Å². The van der Waals surface area contributed by atoms with Gasteiger partial charge < -0.3 is 15.4 Å². The van der Waals surface area contributed by atoms with Gasteiger partial charge >= 0.3 is 0 Å². The number of nitrogens with zero attached hydrogens (tertiary/aromatic N) is 2. The Labute approximate surface area is 108 Å². The van der Waals surface area contributed by atoms with Gasteiger partial charge in [0.2, 0.25) is 0 Å². The van der Waals surface area contributed by atoms with E-state index in [2.05, 4.69) is 41.4 Å². The smallest absolute Gasteiger partial charge is 0.132 e. The fourth-order valence-corrected chi connectivity index (χ4v) is 2.20. The molecule has 1 aromatic heterocycles. The molecule has 1 aliphatic heterocycles. The third-order valence-electron chi connectivity index (χ3n) is 3.50. The van der Waals surface area contributed by atoms with E-state index in [-0.39, 0.29) is 11.6 Å².